The second-order valence-corrected chi connectivity index (χ2v) is 12.6. The predicted molar refractivity (Wildman–Crippen MR) is 167 cm³/mol. The smallest absolute Gasteiger partial charge is 0.253 e. The molecule has 2 aromatic rings. The number of aromatic nitrogens is 2. The van der Waals surface area contributed by atoms with Crippen molar-refractivity contribution in [1.29, 1.82) is 0 Å². The Kier molecular flexibility index (Phi) is 13.1. The van der Waals surface area contributed by atoms with E-state index in [9.17, 15) is 39.5 Å². The van der Waals surface area contributed by atoms with Crippen molar-refractivity contribution < 1.29 is 49.4 Å². The summed E-state index contributed by atoms with van der Waals surface area (Å²) in [6, 6.07) is 4.30. The average Bonchev–Trinajstić information content (AvgIpc) is 3.49. The summed E-state index contributed by atoms with van der Waals surface area (Å²) in [5.41, 5.74) is -1.85. The molecule has 0 saturated carbocycles. The van der Waals surface area contributed by atoms with Gasteiger partial charge in [0, 0.05) is 38.7 Å². The number of piperidine rings is 1. The zero-order valence-electron chi connectivity index (χ0n) is 25.9. The standard InChI is InChI=1S/C31H43ClFN5O9/c32-21-14-35-30(36-15-21)37-8-5-19(6-9-37)2-1-11-47-22-4-3-20(23(33)13-22)12-26(42)38-10-7-31(46,18-38)29(45)34-16-24(40)27(43)28(44)25(41)17-39/h3-4,13-15,19,24-25,27-28,39-41,43-44,46H,1-2,5-12,16-18H2,(H,34,45)/t24-,25+,27+,28+,31?/m0/s1. The number of anilines is 1. The number of β-amino-alcohol motifs (C(OH)–C–C–N with tert-alkyl or cyclic N) is 1. The van der Waals surface area contributed by atoms with E-state index in [0.717, 1.165) is 38.8 Å². The van der Waals surface area contributed by atoms with Crippen LogP contribution in [-0.2, 0) is 16.0 Å². The predicted octanol–water partition coefficient (Wildman–Crippen LogP) is -0.597. The van der Waals surface area contributed by atoms with E-state index in [4.69, 9.17) is 21.4 Å². The van der Waals surface area contributed by atoms with Gasteiger partial charge in [0.15, 0.2) is 5.60 Å². The quantitative estimate of drug-likeness (QED) is 0.118. The van der Waals surface area contributed by atoms with Crippen LogP contribution < -0.4 is 15.0 Å². The molecule has 16 heteroatoms. The number of nitrogens with one attached hydrogen (secondary N) is 1. The van der Waals surface area contributed by atoms with Crippen molar-refractivity contribution in [3.8, 4) is 5.75 Å². The van der Waals surface area contributed by atoms with E-state index in [1.54, 1.807) is 18.5 Å². The zero-order chi connectivity index (χ0) is 34.1. The van der Waals surface area contributed by atoms with Crippen LogP contribution in [0.4, 0.5) is 10.3 Å². The monoisotopic (exact) mass is 683 g/mol. The molecule has 3 heterocycles. The summed E-state index contributed by atoms with van der Waals surface area (Å²) in [5.74, 6) is -0.436. The van der Waals surface area contributed by atoms with Gasteiger partial charge in [-0.2, -0.15) is 0 Å². The van der Waals surface area contributed by atoms with Crippen molar-refractivity contribution in [3.05, 3.63) is 47.0 Å². The number of halogens is 2. The topological polar surface area (TPSA) is 209 Å². The summed E-state index contributed by atoms with van der Waals surface area (Å²) in [4.78, 5) is 37.4. The number of aliphatic hydroxyl groups is 6. The number of amides is 2. The van der Waals surface area contributed by atoms with Crippen molar-refractivity contribution in [2.24, 2.45) is 5.92 Å². The van der Waals surface area contributed by atoms with Gasteiger partial charge in [0.25, 0.3) is 5.91 Å². The van der Waals surface area contributed by atoms with Crippen molar-refractivity contribution in [1.82, 2.24) is 20.2 Å². The highest BCUT2D eigenvalue weighted by Crippen LogP contribution is 2.26. The third-order valence-electron chi connectivity index (χ3n) is 8.72. The maximum absolute atomic E-state index is 14.9. The van der Waals surface area contributed by atoms with Crippen LogP contribution in [0.15, 0.2) is 30.6 Å². The van der Waals surface area contributed by atoms with Gasteiger partial charge in [-0.25, -0.2) is 14.4 Å². The molecule has 1 unspecified atom stereocenters. The molecule has 0 bridgehead atoms. The molecule has 4 rings (SSSR count). The van der Waals surface area contributed by atoms with Gasteiger partial charge in [0.05, 0.1) is 49.7 Å². The van der Waals surface area contributed by atoms with Crippen LogP contribution in [0.25, 0.3) is 0 Å². The Morgan fingerprint density at radius 2 is 1.77 bits per heavy atom. The molecule has 14 nitrogen and oxygen atoms in total. The second-order valence-electron chi connectivity index (χ2n) is 12.2. The Labute approximate surface area is 276 Å². The van der Waals surface area contributed by atoms with E-state index in [2.05, 4.69) is 20.2 Å². The van der Waals surface area contributed by atoms with Gasteiger partial charge in [-0.05, 0) is 43.2 Å². The van der Waals surface area contributed by atoms with Crippen LogP contribution in [0.5, 0.6) is 5.75 Å². The summed E-state index contributed by atoms with van der Waals surface area (Å²) in [6.45, 7) is 0.392. The number of nitrogens with zero attached hydrogens (tertiary/aromatic N) is 4. The number of benzene rings is 1. The number of rotatable bonds is 15. The minimum Gasteiger partial charge on any atom is -0.493 e. The normalized spacial score (nSPS) is 21.3. The highest BCUT2D eigenvalue weighted by Gasteiger charge is 2.44. The Morgan fingerprint density at radius 3 is 2.43 bits per heavy atom. The van der Waals surface area contributed by atoms with Gasteiger partial charge >= 0.3 is 0 Å². The number of carbonyl (C=O) groups is 2. The van der Waals surface area contributed by atoms with Crippen LogP contribution >= 0.6 is 11.6 Å². The van der Waals surface area contributed by atoms with E-state index in [1.165, 1.54) is 17.0 Å². The van der Waals surface area contributed by atoms with Gasteiger partial charge in [-0.3, -0.25) is 9.59 Å². The lowest BCUT2D eigenvalue weighted by Crippen LogP contribution is -2.54. The highest BCUT2D eigenvalue weighted by molar-refractivity contribution is 6.30. The Hall–Kier alpha value is -3.18. The number of aliphatic hydroxyl groups excluding tert-OH is 5. The SMILES string of the molecule is O=C(Cc1ccc(OCCCC2CCN(c3ncc(Cl)cn3)CC2)cc1F)N1CCC(O)(C(=O)NC[C@H](O)[C@@H](O)[C@H](O)[C@H](O)CO)C1. The molecule has 260 valence electrons. The number of ether oxygens (including phenoxy) is 1. The van der Waals surface area contributed by atoms with Gasteiger partial charge < -0.3 is 50.5 Å². The van der Waals surface area contributed by atoms with Crippen molar-refractivity contribution >= 4 is 29.4 Å². The molecule has 0 aliphatic carbocycles. The van der Waals surface area contributed by atoms with Gasteiger partial charge in [-0.15, -0.1) is 0 Å². The molecule has 2 fully saturated rings. The fourth-order valence-corrected chi connectivity index (χ4v) is 5.82. The van der Waals surface area contributed by atoms with Crippen LogP contribution in [-0.4, -0.2) is 133 Å². The summed E-state index contributed by atoms with van der Waals surface area (Å²) < 4.78 is 20.6. The fourth-order valence-electron chi connectivity index (χ4n) is 5.73. The lowest BCUT2D eigenvalue weighted by atomic mass is 9.92. The molecule has 7 N–H and O–H groups in total. The van der Waals surface area contributed by atoms with Gasteiger partial charge in [-0.1, -0.05) is 17.7 Å². The van der Waals surface area contributed by atoms with E-state index in [0.29, 0.717) is 29.2 Å². The van der Waals surface area contributed by atoms with E-state index in [-0.39, 0.29) is 31.5 Å². The summed E-state index contributed by atoms with van der Waals surface area (Å²) in [6.07, 6.45) is -0.575. The molecule has 2 saturated heterocycles. The first-order valence-corrected chi connectivity index (χ1v) is 16.0. The molecule has 1 aromatic carbocycles. The molecule has 5 atom stereocenters. The minimum atomic E-state index is -1.98. The van der Waals surface area contributed by atoms with Crippen molar-refractivity contribution in [3.63, 3.8) is 0 Å². The van der Waals surface area contributed by atoms with Crippen LogP contribution in [0, 0.1) is 11.7 Å². The maximum atomic E-state index is 14.9. The Morgan fingerprint density at radius 1 is 1.09 bits per heavy atom. The Bertz CT molecular complexity index is 1340. The number of hydrogen-bond donors (Lipinski definition) is 7. The lowest BCUT2D eigenvalue weighted by Gasteiger charge is -2.31. The molecule has 2 amide bonds. The summed E-state index contributed by atoms with van der Waals surface area (Å²) in [5, 5.41) is 61.4. The second kappa shape index (κ2) is 16.8. The third-order valence-corrected chi connectivity index (χ3v) is 8.91. The molecular formula is C31H43ClFN5O9. The zero-order valence-corrected chi connectivity index (χ0v) is 26.7. The van der Waals surface area contributed by atoms with Gasteiger partial charge in [0.2, 0.25) is 11.9 Å². The molecule has 0 spiro atoms. The van der Waals surface area contributed by atoms with E-state index >= 15 is 0 Å². The molecule has 2 aliphatic rings. The molecule has 0 radical (unpaired) electrons. The number of carbonyl (C=O) groups excluding carboxylic acids is 2. The van der Waals surface area contributed by atoms with Crippen molar-refractivity contribution in [2.45, 2.75) is 68.5 Å². The number of likely N-dealkylation sites (tertiary alicyclic amines) is 1. The molecule has 47 heavy (non-hydrogen) atoms. The summed E-state index contributed by atoms with van der Waals surface area (Å²) >= 11 is 5.87. The van der Waals surface area contributed by atoms with Crippen LogP contribution in [0.1, 0.15) is 37.7 Å². The minimum absolute atomic E-state index is 0.0338. The molecule has 1 aromatic heterocycles. The Balaban J connectivity index is 1.16. The van der Waals surface area contributed by atoms with E-state index < -0.39 is 60.8 Å². The largest absolute Gasteiger partial charge is 0.493 e. The first-order valence-electron chi connectivity index (χ1n) is 15.7. The van der Waals surface area contributed by atoms with Crippen molar-refractivity contribution in [2.75, 3.05) is 50.8 Å². The first-order chi connectivity index (χ1) is 22.4. The lowest BCUT2D eigenvalue weighted by molar-refractivity contribution is -0.142. The first kappa shape index (κ1) is 36.7. The summed E-state index contributed by atoms with van der Waals surface area (Å²) in [7, 11) is 0. The third kappa shape index (κ3) is 9.92. The molecular weight excluding hydrogens is 641 g/mol. The molecule has 2 aliphatic heterocycles. The maximum Gasteiger partial charge on any atom is 0.253 e. The number of hydrogen-bond acceptors (Lipinski definition) is 12. The highest BCUT2D eigenvalue weighted by atomic mass is 35.5. The van der Waals surface area contributed by atoms with E-state index in [1.807, 2.05) is 0 Å². The van der Waals surface area contributed by atoms with Crippen LogP contribution in [0.2, 0.25) is 5.02 Å². The fraction of sp³-hybridized carbons (Fsp3) is 0.613. The van der Waals surface area contributed by atoms with Crippen LogP contribution in [0.3, 0.4) is 0 Å². The van der Waals surface area contributed by atoms with Gasteiger partial charge in [0.1, 0.15) is 29.9 Å². The average molecular weight is 684 g/mol.